The minimum Gasteiger partial charge on any atom is -0.495 e. The molecule has 0 aromatic carbocycles. The molecule has 96 valence electrons. The molecule has 0 aliphatic heterocycles. The highest BCUT2D eigenvalue weighted by Gasteiger charge is 2.21. The van der Waals surface area contributed by atoms with Gasteiger partial charge in [0.15, 0.2) is 0 Å². The Labute approximate surface area is 106 Å². The van der Waals surface area contributed by atoms with Gasteiger partial charge in [-0.1, -0.05) is 0 Å². The van der Waals surface area contributed by atoms with Gasteiger partial charge < -0.3 is 4.74 Å². The van der Waals surface area contributed by atoms with Crippen LogP contribution < -0.4 is 16.0 Å². The Morgan fingerprint density at radius 2 is 2.28 bits per heavy atom. The number of aromatic nitrogens is 3. The number of pyridine rings is 1. The molecular formula is C12H17N5O. The second-order valence-corrected chi connectivity index (χ2v) is 4.02. The fourth-order valence-corrected chi connectivity index (χ4v) is 2.00. The first-order valence-electron chi connectivity index (χ1n) is 5.63. The van der Waals surface area contributed by atoms with Gasteiger partial charge in [0, 0.05) is 13.2 Å². The van der Waals surface area contributed by atoms with Gasteiger partial charge in [-0.05, 0) is 25.1 Å². The molecule has 2 aromatic heterocycles. The van der Waals surface area contributed by atoms with Crippen molar-refractivity contribution < 1.29 is 4.74 Å². The minimum absolute atomic E-state index is 0.257. The van der Waals surface area contributed by atoms with Crippen LogP contribution in [0.5, 0.6) is 5.75 Å². The molecule has 2 rings (SSSR count). The lowest BCUT2D eigenvalue weighted by Gasteiger charge is -2.17. The Morgan fingerprint density at radius 3 is 2.83 bits per heavy atom. The standard InChI is InChI=1S/C12H17N5O/c1-8-7-9(17(2)16-8)11(15-13)12-10(18-3)5-4-6-14-12/h4-7,11,15H,13H2,1-3H3. The first kappa shape index (κ1) is 12.5. The van der Waals surface area contributed by atoms with Crippen LogP contribution >= 0.6 is 0 Å². The molecular weight excluding hydrogens is 230 g/mol. The summed E-state index contributed by atoms with van der Waals surface area (Å²) in [5.74, 6) is 6.35. The number of aryl methyl sites for hydroxylation is 2. The number of ether oxygens (including phenoxy) is 1. The highest BCUT2D eigenvalue weighted by molar-refractivity contribution is 5.34. The molecule has 2 aromatic rings. The van der Waals surface area contributed by atoms with Crippen LogP contribution in [0, 0.1) is 6.92 Å². The lowest BCUT2D eigenvalue weighted by Crippen LogP contribution is -2.31. The number of methoxy groups -OCH3 is 1. The molecule has 0 spiro atoms. The van der Waals surface area contributed by atoms with Crippen molar-refractivity contribution >= 4 is 0 Å². The zero-order valence-electron chi connectivity index (χ0n) is 10.7. The second-order valence-electron chi connectivity index (χ2n) is 4.02. The van der Waals surface area contributed by atoms with Crippen LogP contribution in [0.15, 0.2) is 24.4 Å². The molecule has 0 saturated heterocycles. The van der Waals surface area contributed by atoms with Crippen LogP contribution in [0.3, 0.4) is 0 Å². The maximum absolute atomic E-state index is 5.65. The zero-order valence-corrected chi connectivity index (χ0v) is 10.7. The number of nitrogens with zero attached hydrogens (tertiary/aromatic N) is 3. The first-order chi connectivity index (χ1) is 8.67. The molecule has 1 atom stereocenters. The molecule has 0 radical (unpaired) electrons. The van der Waals surface area contributed by atoms with E-state index in [1.54, 1.807) is 18.0 Å². The van der Waals surface area contributed by atoms with Crippen molar-refractivity contribution in [3.05, 3.63) is 41.5 Å². The number of hydrazine groups is 1. The van der Waals surface area contributed by atoms with Crippen molar-refractivity contribution in [2.75, 3.05) is 7.11 Å². The van der Waals surface area contributed by atoms with E-state index in [0.717, 1.165) is 17.1 Å². The third-order valence-corrected chi connectivity index (χ3v) is 2.79. The lowest BCUT2D eigenvalue weighted by molar-refractivity contribution is 0.398. The van der Waals surface area contributed by atoms with Gasteiger partial charge in [-0.25, -0.2) is 5.43 Å². The predicted molar refractivity (Wildman–Crippen MR) is 67.9 cm³/mol. The van der Waals surface area contributed by atoms with Crippen molar-refractivity contribution in [1.82, 2.24) is 20.2 Å². The average Bonchev–Trinajstić information content (AvgIpc) is 2.70. The average molecular weight is 247 g/mol. The number of hydrogen-bond donors (Lipinski definition) is 2. The molecule has 0 saturated carbocycles. The molecule has 2 heterocycles. The zero-order chi connectivity index (χ0) is 13.1. The minimum atomic E-state index is -0.257. The summed E-state index contributed by atoms with van der Waals surface area (Å²) in [5.41, 5.74) is 5.37. The van der Waals surface area contributed by atoms with E-state index < -0.39 is 0 Å². The van der Waals surface area contributed by atoms with Crippen molar-refractivity contribution in [3.8, 4) is 5.75 Å². The summed E-state index contributed by atoms with van der Waals surface area (Å²) in [5, 5.41) is 4.31. The molecule has 0 bridgehead atoms. The smallest absolute Gasteiger partial charge is 0.142 e. The summed E-state index contributed by atoms with van der Waals surface area (Å²) in [6.45, 7) is 1.94. The largest absolute Gasteiger partial charge is 0.495 e. The summed E-state index contributed by atoms with van der Waals surface area (Å²) in [6, 6.07) is 5.39. The van der Waals surface area contributed by atoms with Crippen LogP contribution in [0.1, 0.15) is 23.1 Å². The van der Waals surface area contributed by atoms with Crippen LogP contribution in [-0.2, 0) is 7.05 Å². The van der Waals surface area contributed by atoms with Gasteiger partial charge >= 0.3 is 0 Å². The van der Waals surface area contributed by atoms with Crippen LogP contribution in [-0.4, -0.2) is 21.9 Å². The molecule has 6 heteroatoms. The van der Waals surface area contributed by atoms with Crippen molar-refractivity contribution in [1.29, 1.82) is 0 Å². The van der Waals surface area contributed by atoms with E-state index in [-0.39, 0.29) is 6.04 Å². The molecule has 6 nitrogen and oxygen atoms in total. The summed E-state index contributed by atoms with van der Waals surface area (Å²) < 4.78 is 7.09. The topological polar surface area (TPSA) is 78.0 Å². The summed E-state index contributed by atoms with van der Waals surface area (Å²) >= 11 is 0. The predicted octanol–water partition coefficient (Wildman–Crippen LogP) is 0.685. The van der Waals surface area contributed by atoms with Crippen molar-refractivity contribution in [2.24, 2.45) is 12.9 Å². The Morgan fingerprint density at radius 1 is 1.50 bits per heavy atom. The molecule has 18 heavy (non-hydrogen) atoms. The Hall–Kier alpha value is -1.92. The Bertz CT molecular complexity index is 537. The number of nitrogens with one attached hydrogen (secondary N) is 1. The van der Waals surface area contributed by atoms with Crippen LogP contribution in [0.2, 0.25) is 0 Å². The third kappa shape index (κ3) is 2.20. The maximum atomic E-state index is 5.65. The normalized spacial score (nSPS) is 12.4. The quantitative estimate of drug-likeness (QED) is 0.614. The molecule has 1 unspecified atom stereocenters. The highest BCUT2D eigenvalue weighted by atomic mass is 16.5. The second kappa shape index (κ2) is 5.16. The summed E-state index contributed by atoms with van der Waals surface area (Å²) in [6.07, 6.45) is 1.71. The SMILES string of the molecule is COc1cccnc1C(NN)c1cc(C)nn1C. The van der Waals surface area contributed by atoms with Gasteiger partial charge in [0.05, 0.1) is 18.5 Å². The van der Waals surface area contributed by atoms with Gasteiger partial charge in [-0.15, -0.1) is 0 Å². The molecule has 0 aliphatic rings. The van der Waals surface area contributed by atoms with E-state index in [0.29, 0.717) is 5.75 Å². The monoisotopic (exact) mass is 247 g/mol. The summed E-state index contributed by atoms with van der Waals surface area (Å²) in [7, 11) is 3.49. The van der Waals surface area contributed by atoms with Gasteiger partial charge in [0.1, 0.15) is 17.5 Å². The van der Waals surface area contributed by atoms with Crippen molar-refractivity contribution in [3.63, 3.8) is 0 Å². The van der Waals surface area contributed by atoms with E-state index in [9.17, 15) is 0 Å². The summed E-state index contributed by atoms with van der Waals surface area (Å²) in [4.78, 5) is 4.34. The van der Waals surface area contributed by atoms with E-state index in [1.165, 1.54) is 0 Å². The van der Waals surface area contributed by atoms with Gasteiger partial charge in [0.2, 0.25) is 0 Å². The van der Waals surface area contributed by atoms with Crippen molar-refractivity contribution in [2.45, 2.75) is 13.0 Å². The number of rotatable bonds is 4. The Balaban J connectivity index is 2.48. The third-order valence-electron chi connectivity index (χ3n) is 2.79. The highest BCUT2D eigenvalue weighted by Crippen LogP contribution is 2.27. The lowest BCUT2D eigenvalue weighted by atomic mass is 10.1. The van der Waals surface area contributed by atoms with Crippen LogP contribution in [0.4, 0.5) is 0 Å². The van der Waals surface area contributed by atoms with E-state index in [4.69, 9.17) is 10.6 Å². The van der Waals surface area contributed by atoms with Crippen LogP contribution in [0.25, 0.3) is 0 Å². The number of nitrogens with two attached hydrogens (primary N) is 1. The molecule has 0 aliphatic carbocycles. The van der Waals surface area contributed by atoms with Gasteiger partial charge in [0.25, 0.3) is 0 Å². The van der Waals surface area contributed by atoms with Gasteiger partial charge in [-0.3, -0.25) is 15.5 Å². The first-order valence-corrected chi connectivity index (χ1v) is 5.63. The maximum Gasteiger partial charge on any atom is 0.142 e. The van der Waals surface area contributed by atoms with E-state index >= 15 is 0 Å². The molecule has 0 amide bonds. The molecule has 0 fully saturated rings. The Kier molecular flexibility index (Phi) is 3.59. The fourth-order valence-electron chi connectivity index (χ4n) is 2.00. The number of hydrogen-bond acceptors (Lipinski definition) is 5. The van der Waals surface area contributed by atoms with E-state index in [1.807, 2.05) is 32.2 Å². The molecule has 3 N–H and O–H groups in total. The fraction of sp³-hybridized carbons (Fsp3) is 0.333. The van der Waals surface area contributed by atoms with E-state index in [2.05, 4.69) is 15.5 Å². The van der Waals surface area contributed by atoms with Gasteiger partial charge in [-0.2, -0.15) is 5.10 Å².